The van der Waals surface area contributed by atoms with Gasteiger partial charge >= 0.3 is 0 Å². The lowest BCUT2D eigenvalue weighted by Gasteiger charge is -2.23. The Bertz CT molecular complexity index is 1650. The Labute approximate surface area is 241 Å². The number of aromatic nitrogens is 2. The second-order valence-electron chi connectivity index (χ2n) is 10.2. The fourth-order valence-electron chi connectivity index (χ4n) is 4.84. The summed E-state index contributed by atoms with van der Waals surface area (Å²) in [5.74, 6) is -4.78. The third-order valence-corrected chi connectivity index (χ3v) is 6.80. The monoisotopic (exact) mass is 569 g/mol. The maximum atomic E-state index is 15.3. The third-order valence-electron chi connectivity index (χ3n) is 6.80. The van der Waals surface area contributed by atoms with Gasteiger partial charge in [-0.05, 0) is 56.3 Å². The predicted molar refractivity (Wildman–Crippen MR) is 157 cm³/mol. The number of para-hydroxylation sites is 2. The van der Waals surface area contributed by atoms with Crippen molar-refractivity contribution in [2.24, 2.45) is 0 Å². The van der Waals surface area contributed by atoms with Crippen molar-refractivity contribution >= 4 is 34.7 Å². The summed E-state index contributed by atoms with van der Waals surface area (Å²) in [5.41, 5.74) is 1.79. The van der Waals surface area contributed by atoms with Crippen LogP contribution >= 0.6 is 0 Å². The van der Waals surface area contributed by atoms with Gasteiger partial charge in [-0.1, -0.05) is 30.3 Å². The van der Waals surface area contributed by atoms with E-state index in [2.05, 4.69) is 15.6 Å². The average molecular weight is 570 g/mol. The van der Waals surface area contributed by atoms with Gasteiger partial charge in [0.2, 0.25) is 5.91 Å². The molecule has 0 radical (unpaired) electrons. The smallest absolute Gasteiger partial charge is 0.275 e. The second-order valence-corrected chi connectivity index (χ2v) is 10.2. The van der Waals surface area contributed by atoms with E-state index in [1.807, 2.05) is 6.07 Å². The maximum absolute atomic E-state index is 15.3. The molecule has 8 nitrogen and oxygen atoms in total. The summed E-state index contributed by atoms with van der Waals surface area (Å²) in [5, 5.41) is 5.45. The highest BCUT2D eigenvalue weighted by molar-refractivity contribution is 6.10. The van der Waals surface area contributed by atoms with Crippen molar-refractivity contribution in [2.75, 3.05) is 16.8 Å². The normalized spacial score (nSPS) is 15.2. The van der Waals surface area contributed by atoms with E-state index in [1.54, 1.807) is 85.7 Å². The molecule has 5 rings (SSSR count). The summed E-state index contributed by atoms with van der Waals surface area (Å²) >= 11 is 0. The highest BCUT2D eigenvalue weighted by Gasteiger charge is 2.41. The highest BCUT2D eigenvalue weighted by atomic mass is 19.3. The van der Waals surface area contributed by atoms with Gasteiger partial charge < -0.3 is 20.1 Å². The lowest BCUT2D eigenvalue weighted by Crippen LogP contribution is -2.33. The maximum Gasteiger partial charge on any atom is 0.275 e. The molecule has 1 aliphatic rings. The Hall–Kier alpha value is -5.12. The number of benzene rings is 3. The van der Waals surface area contributed by atoms with Crippen LogP contribution in [0.2, 0.25) is 0 Å². The van der Waals surface area contributed by atoms with Crippen molar-refractivity contribution in [3.8, 4) is 5.69 Å². The van der Waals surface area contributed by atoms with Crippen LogP contribution in [-0.2, 0) is 4.79 Å². The number of carbonyl (C=O) groups excluding carboxylic acids is 3. The van der Waals surface area contributed by atoms with Gasteiger partial charge in [-0.2, -0.15) is 0 Å². The van der Waals surface area contributed by atoms with Gasteiger partial charge in [-0.15, -0.1) is 0 Å². The summed E-state index contributed by atoms with van der Waals surface area (Å²) in [7, 11) is 0. The van der Waals surface area contributed by atoms with Crippen molar-refractivity contribution in [1.29, 1.82) is 0 Å². The molecule has 0 bridgehead atoms. The van der Waals surface area contributed by atoms with Crippen molar-refractivity contribution in [3.63, 3.8) is 0 Å². The Kier molecular flexibility index (Phi) is 7.97. The molecule has 0 fully saturated rings. The first-order valence-corrected chi connectivity index (χ1v) is 13.4. The fraction of sp³-hybridized carbons (Fsp3) is 0.188. The first-order valence-electron chi connectivity index (χ1n) is 13.4. The number of rotatable bonds is 6. The number of anilines is 2. The minimum atomic E-state index is -3.33. The Morgan fingerprint density at radius 2 is 1.64 bits per heavy atom. The number of nitrogens with one attached hydrogen (secondary N) is 2. The van der Waals surface area contributed by atoms with Crippen LogP contribution in [0.15, 0.2) is 97.6 Å². The fourth-order valence-corrected chi connectivity index (χ4v) is 4.84. The molecule has 10 heteroatoms. The van der Waals surface area contributed by atoms with Crippen LogP contribution in [0.1, 0.15) is 46.5 Å². The van der Waals surface area contributed by atoms with E-state index in [1.165, 1.54) is 23.1 Å². The number of halogens is 2. The molecular formula is C32H29F2N5O3. The molecule has 0 aliphatic carbocycles. The molecule has 3 aromatic carbocycles. The predicted octanol–water partition coefficient (Wildman–Crippen LogP) is 5.72. The van der Waals surface area contributed by atoms with Gasteiger partial charge in [0.1, 0.15) is 0 Å². The second kappa shape index (κ2) is 11.8. The zero-order valence-corrected chi connectivity index (χ0v) is 23.1. The molecule has 0 spiro atoms. The number of carbonyl (C=O) groups is 3. The number of hydrogen-bond acceptors (Lipinski definition) is 4. The molecule has 0 atom stereocenters. The minimum absolute atomic E-state index is 0.118. The van der Waals surface area contributed by atoms with Crippen LogP contribution < -0.4 is 15.5 Å². The van der Waals surface area contributed by atoms with E-state index < -0.39 is 29.7 Å². The van der Waals surface area contributed by atoms with Crippen molar-refractivity contribution < 1.29 is 23.2 Å². The average Bonchev–Trinajstić information content (AvgIpc) is 3.48. The Morgan fingerprint density at radius 1 is 0.952 bits per heavy atom. The van der Waals surface area contributed by atoms with Crippen LogP contribution in [-0.4, -0.2) is 45.8 Å². The first-order chi connectivity index (χ1) is 20.1. The van der Waals surface area contributed by atoms with Gasteiger partial charge in [0.25, 0.3) is 17.7 Å². The summed E-state index contributed by atoms with van der Waals surface area (Å²) in [6, 6.07) is 19.5. The number of nitrogens with zero attached hydrogens (tertiary/aromatic N) is 3. The number of allylic oxidation sites excluding steroid dienone is 1. The topological polar surface area (TPSA) is 96.3 Å². The molecule has 214 valence electrons. The summed E-state index contributed by atoms with van der Waals surface area (Å²) < 4.78 is 32.4. The van der Waals surface area contributed by atoms with Crippen molar-refractivity contribution in [3.05, 3.63) is 114 Å². The first kappa shape index (κ1) is 28.4. The Balaban J connectivity index is 1.39. The van der Waals surface area contributed by atoms with Gasteiger partial charge in [0, 0.05) is 59.9 Å². The lowest BCUT2D eigenvalue weighted by molar-refractivity contribution is -0.117. The zero-order valence-electron chi connectivity index (χ0n) is 23.1. The number of fused-ring (bicyclic) bond motifs is 1. The molecule has 0 saturated carbocycles. The number of hydrogen-bond donors (Lipinski definition) is 2. The van der Waals surface area contributed by atoms with Crippen LogP contribution in [0.25, 0.3) is 11.3 Å². The molecular weight excluding hydrogens is 540 g/mol. The van der Waals surface area contributed by atoms with Crippen molar-refractivity contribution in [2.45, 2.75) is 32.2 Å². The van der Waals surface area contributed by atoms with Gasteiger partial charge in [-0.25, -0.2) is 13.8 Å². The SMILES string of the molecule is CC(C)NC(=O)/C=C1/c2ccccc2N(C(=O)c2ccc(NC(=O)c3ccccc3-n3ccnc3)cc2)CCC1(F)F. The van der Waals surface area contributed by atoms with E-state index in [0.29, 0.717) is 16.9 Å². The van der Waals surface area contributed by atoms with E-state index in [4.69, 9.17) is 0 Å². The van der Waals surface area contributed by atoms with Crippen molar-refractivity contribution in [1.82, 2.24) is 14.9 Å². The molecule has 0 saturated heterocycles. The van der Waals surface area contributed by atoms with Crippen LogP contribution in [0.4, 0.5) is 20.2 Å². The minimum Gasteiger partial charge on any atom is -0.350 e. The van der Waals surface area contributed by atoms with Crippen LogP contribution in [0.5, 0.6) is 0 Å². The molecule has 1 aliphatic heterocycles. The molecule has 42 heavy (non-hydrogen) atoms. The molecule has 1 aromatic heterocycles. The summed E-state index contributed by atoms with van der Waals surface area (Å²) in [4.78, 5) is 44.4. The van der Waals surface area contributed by atoms with E-state index in [0.717, 1.165) is 6.08 Å². The van der Waals surface area contributed by atoms with E-state index >= 15 is 8.78 Å². The van der Waals surface area contributed by atoms with Gasteiger partial charge in [-0.3, -0.25) is 14.4 Å². The third kappa shape index (κ3) is 5.97. The number of amides is 3. The largest absolute Gasteiger partial charge is 0.350 e. The number of imidazole rings is 1. The van der Waals surface area contributed by atoms with Gasteiger partial charge in [0.15, 0.2) is 0 Å². The zero-order chi connectivity index (χ0) is 29.9. The quantitative estimate of drug-likeness (QED) is 0.291. The summed E-state index contributed by atoms with van der Waals surface area (Å²) in [6.07, 6.45) is 5.23. The molecule has 3 amide bonds. The van der Waals surface area contributed by atoms with Crippen LogP contribution in [0, 0.1) is 0 Å². The molecule has 2 heterocycles. The standard InChI is InChI=1S/C32H29F2N5O3/c1-21(2)36-29(40)19-26-24-7-3-6-10-28(24)39(17-15-32(26,33)34)31(42)22-11-13-23(14-12-22)37-30(41)25-8-4-5-9-27(25)38-18-16-35-20-38/h3-14,16,18-21H,15,17H2,1-2H3,(H,36,40)(H,37,41)/b26-19-. The highest BCUT2D eigenvalue weighted by Crippen LogP contribution is 2.43. The van der Waals surface area contributed by atoms with Crippen LogP contribution in [0.3, 0.4) is 0 Å². The molecule has 0 unspecified atom stereocenters. The molecule has 4 aromatic rings. The van der Waals surface area contributed by atoms with E-state index in [9.17, 15) is 14.4 Å². The summed E-state index contributed by atoms with van der Waals surface area (Å²) in [6.45, 7) is 3.23. The van der Waals surface area contributed by atoms with E-state index in [-0.39, 0.29) is 35.3 Å². The number of alkyl halides is 2. The Morgan fingerprint density at radius 3 is 2.33 bits per heavy atom. The van der Waals surface area contributed by atoms with Gasteiger partial charge in [0.05, 0.1) is 23.3 Å². The lowest BCUT2D eigenvalue weighted by atomic mass is 9.97. The molecule has 2 N–H and O–H groups in total.